The fourth-order valence-electron chi connectivity index (χ4n) is 2.20. The van der Waals surface area contributed by atoms with Crippen LogP contribution in [0.3, 0.4) is 0 Å². The highest BCUT2D eigenvalue weighted by Crippen LogP contribution is 2.26. The summed E-state index contributed by atoms with van der Waals surface area (Å²) in [5, 5.41) is 18.5. The fraction of sp³-hybridized carbons (Fsp3) is 0.417. The van der Waals surface area contributed by atoms with Gasteiger partial charge in [-0.3, -0.25) is 9.69 Å². The molecule has 1 aromatic rings. The maximum atomic E-state index is 11.1. The van der Waals surface area contributed by atoms with Gasteiger partial charge < -0.3 is 10.2 Å². The summed E-state index contributed by atoms with van der Waals surface area (Å²) in [5.74, 6) is -0.562. The molecule has 0 aliphatic carbocycles. The Balaban J connectivity index is 2.15. The Kier molecular flexibility index (Phi) is 3.69. The van der Waals surface area contributed by atoms with Gasteiger partial charge in [0.15, 0.2) is 0 Å². The molecule has 92 valence electrons. The molecule has 1 fully saturated rings. The molecule has 0 amide bonds. The zero-order chi connectivity index (χ0) is 12.4. The van der Waals surface area contributed by atoms with Crippen molar-refractivity contribution in [3.8, 4) is 5.75 Å². The van der Waals surface area contributed by atoms with Gasteiger partial charge in [0.25, 0.3) is 0 Å². The number of aromatic hydroxyl groups is 1. The predicted molar refractivity (Wildman–Crippen MR) is 66.9 cm³/mol. The summed E-state index contributed by atoms with van der Waals surface area (Å²) in [6.45, 7) is 1.34. The average Bonchev–Trinajstić information content (AvgIpc) is 2.71. The van der Waals surface area contributed by atoms with Crippen molar-refractivity contribution in [1.82, 2.24) is 4.90 Å². The first-order valence-corrected chi connectivity index (χ1v) is 6.31. The molecule has 4 nitrogen and oxygen atoms in total. The Bertz CT molecular complexity index is 436. The molecule has 1 saturated heterocycles. The second-order valence-corrected chi connectivity index (χ2v) is 5.10. The number of carboxylic acid groups (broad SMARTS) is 1. The summed E-state index contributed by atoms with van der Waals surface area (Å²) in [5.41, 5.74) is 0.915. The van der Waals surface area contributed by atoms with Crippen LogP contribution in [0.5, 0.6) is 5.75 Å². The van der Waals surface area contributed by atoms with Crippen LogP contribution < -0.4 is 0 Å². The molecule has 0 spiro atoms. The van der Waals surface area contributed by atoms with Gasteiger partial charge in [-0.15, -0.1) is 0 Å². The van der Waals surface area contributed by atoms with E-state index in [2.05, 4.69) is 15.9 Å². The van der Waals surface area contributed by atoms with E-state index in [9.17, 15) is 9.90 Å². The van der Waals surface area contributed by atoms with Gasteiger partial charge in [0, 0.05) is 11.0 Å². The number of carboxylic acids is 1. The molecule has 0 saturated carbocycles. The summed E-state index contributed by atoms with van der Waals surface area (Å²) < 4.78 is 0.895. The van der Waals surface area contributed by atoms with Crippen LogP contribution in [-0.4, -0.2) is 33.7 Å². The Hall–Kier alpha value is -1.07. The van der Waals surface area contributed by atoms with Crippen molar-refractivity contribution < 1.29 is 15.0 Å². The fourth-order valence-corrected chi connectivity index (χ4v) is 2.57. The smallest absolute Gasteiger partial charge is 0.320 e. The standard InChI is InChI=1S/C12H14BrNO3/c13-10-4-3-9(15)6-8(10)7-14-5-1-2-11(14)12(16)17/h3-4,6,11,15H,1-2,5,7H2,(H,16,17)/t11-/m1/s1. The topological polar surface area (TPSA) is 60.8 Å². The number of likely N-dealkylation sites (tertiary alicyclic amines) is 1. The van der Waals surface area contributed by atoms with Crippen molar-refractivity contribution in [2.45, 2.75) is 25.4 Å². The van der Waals surface area contributed by atoms with Crippen molar-refractivity contribution in [2.24, 2.45) is 0 Å². The maximum Gasteiger partial charge on any atom is 0.320 e. The molecule has 2 rings (SSSR count). The zero-order valence-electron chi connectivity index (χ0n) is 9.27. The van der Waals surface area contributed by atoms with Gasteiger partial charge in [0.1, 0.15) is 11.8 Å². The lowest BCUT2D eigenvalue weighted by molar-refractivity contribution is -0.142. The minimum absolute atomic E-state index is 0.203. The Morgan fingerprint density at radius 1 is 1.53 bits per heavy atom. The molecule has 1 aliphatic rings. The molecule has 5 heteroatoms. The number of hydrogen-bond donors (Lipinski definition) is 2. The lowest BCUT2D eigenvalue weighted by atomic mass is 10.1. The quantitative estimate of drug-likeness (QED) is 0.898. The Labute approximate surface area is 108 Å². The summed E-state index contributed by atoms with van der Waals surface area (Å²) >= 11 is 3.41. The molecular weight excluding hydrogens is 286 g/mol. The number of aliphatic carboxylic acids is 1. The lowest BCUT2D eigenvalue weighted by Crippen LogP contribution is -2.35. The highest BCUT2D eigenvalue weighted by Gasteiger charge is 2.30. The van der Waals surface area contributed by atoms with Gasteiger partial charge in [0.05, 0.1) is 0 Å². The first kappa shape index (κ1) is 12.4. The number of hydrogen-bond acceptors (Lipinski definition) is 3. The third kappa shape index (κ3) is 2.79. The van der Waals surface area contributed by atoms with Crippen LogP contribution in [0.25, 0.3) is 0 Å². The first-order valence-electron chi connectivity index (χ1n) is 5.52. The second-order valence-electron chi connectivity index (χ2n) is 4.24. The summed E-state index contributed by atoms with van der Waals surface area (Å²) in [6.07, 6.45) is 1.61. The molecule has 0 aromatic heterocycles. The van der Waals surface area contributed by atoms with Crippen LogP contribution in [0.2, 0.25) is 0 Å². The number of benzene rings is 1. The van der Waals surface area contributed by atoms with Gasteiger partial charge in [-0.05, 0) is 43.1 Å². The van der Waals surface area contributed by atoms with Crippen LogP contribution in [0.4, 0.5) is 0 Å². The third-order valence-electron chi connectivity index (χ3n) is 3.05. The number of phenolic OH excluding ortho intramolecular Hbond substituents is 1. The van der Waals surface area contributed by atoms with Crippen molar-refractivity contribution in [3.63, 3.8) is 0 Å². The number of rotatable bonds is 3. The highest BCUT2D eigenvalue weighted by molar-refractivity contribution is 9.10. The van der Waals surface area contributed by atoms with Crippen LogP contribution in [-0.2, 0) is 11.3 Å². The van der Waals surface area contributed by atoms with Gasteiger partial charge in [-0.1, -0.05) is 15.9 Å². The second kappa shape index (κ2) is 5.06. The van der Waals surface area contributed by atoms with E-state index in [-0.39, 0.29) is 5.75 Å². The van der Waals surface area contributed by atoms with Gasteiger partial charge >= 0.3 is 5.97 Å². The van der Waals surface area contributed by atoms with E-state index < -0.39 is 12.0 Å². The zero-order valence-corrected chi connectivity index (χ0v) is 10.9. The van der Waals surface area contributed by atoms with Gasteiger partial charge in [0.2, 0.25) is 0 Å². The van der Waals surface area contributed by atoms with Gasteiger partial charge in [-0.25, -0.2) is 0 Å². The maximum absolute atomic E-state index is 11.1. The average molecular weight is 300 g/mol. The van der Waals surface area contributed by atoms with Crippen molar-refractivity contribution in [1.29, 1.82) is 0 Å². The first-order chi connectivity index (χ1) is 8.08. The van der Waals surface area contributed by atoms with E-state index >= 15 is 0 Å². The largest absolute Gasteiger partial charge is 0.508 e. The molecule has 1 atom stereocenters. The normalized spacial score (nSPS) is 20.6. The molecule has 1 heterocycles. The van der Waals surface area contributed by atoms with E-state index in [0.717, 1.165) is 23.0 Å². The molecule has 0 radical (unpaired) electrons. The molecule has 17 heavy (non-hydrogen) atoms. The minimum Gasteiger partial charge on any atom is -0.508 e. The molecule has 0 bridgehead atoms. The van der Waals surface area contributed by atoms with Crippen LogP contribution in [0.1, 0.15) is 18.4 Å². The molecule has 1 aromatic carbocycles. The van der Waals surface area contributed by atoms with Crippen molar-refractivity contribution in [2.75, 3.05) is 6.54 Å². The molecule has 1 aliphatic heterocycles. The van der Waals surface area contributed by atoms with E-state index in [1.54, 1.807) is 18.2 Å². The van der Waals surface area contributed by atoms with Gasteiger partial charge in [-0.2, -0.15) is 0 Å². The van der Waals surface area contributed by atoms with Crippen LogP contribution in [0.15, 0.2) is 22.7 Å². The summed E-state index contributed by atoms with van der Waals surface area (Å²) in [4.78, 5) is 13.0. The number of nitrogens with zero attached hydrogens (tertiary/aromatic N) is 1. The number of halogens is 1. The predicted octanol–water partition coefficient (Wildman–Crippen LogP) is 2.20. The van der Waals surface area contributed by atoms with E-state index in [4.69, 9.17) is 5.11 Å². The number of carbonyl (C=O) groups is 1. The SMILES string of the molecule is O=C(O)[C@H]1CCCN1Cc1cc(O)ccc1Br. The Morgan fingerprint density at radius 2 is 2.29 bits per heavy atom. The molecular formula is C12H14BrNO3. The van der Waals surface area contributed by atoms with E-state index in [1.165, 1.54) is 0 Å². The van der Waals surface area contributed by atoms with Crippen molar-refractivity contribution >= 4 is 21.9 Å². The van der Waals surface area contributed by atoms with Crippen molar-refractivity contribution in [3.05, 3.63) is 28.2 Å². The monoisotopic (exact) mass is 299 g/mol. The van der Waals surface area contributed by atoms with E-state index in [1.807, 2.05) is 4.90 Å². The lowest BCUT2D eigenvalue weighted by Gasteiger charge is -2.21. The molecule has 2 N–H and O–H groups in total. The Morgan fingerprint density at radius 3 is 3.00 bits per heavy atom. The van der Waals surface area contributed by atoms with E-state index in [0.29, 0.717) is 13.0 Å². The molecule has 0 unspecified atom stereocenters. The number of phenols is 1. The highest BCUT2D eigenvalue weighted by atomic mass is 79.9. The van der Waals surface area contributed by atoms with Crippen LogP contribution >= 0.6 is 15.9 Å². The van der Waals surface area contributed by atoms with Crippen LogP contribution in [0, 0.1) is 0 Å². The summed E-state index contributed by atoms with van der Waals surface area (Å²) in [6, 6.07) is 4.65. The minimum atomic E-state index is -0.765. The third-order valence-corrected chi connectivity index (χ3v) is 3.83. The summed E-state index contributed by atoms with van der Waals surface area (Å²) in [7, 11) is 0.